The summed E-state index contributed by atoms with van der Waals surface area (Å²) in [6, 6.07) is 7.84. The molecule has 1 N–H and O–H groups in total. The molecule has 60 valence electrons. The predicted molar refractivity (Wildman–Crippen MR) is 49.6 cm³/mol. The average Bonchev–Trinajstić information content (AvgIpc) is 2.44. The summed E-state index contributed by atoms with van der Waals surface area (Å²) in [6.45, 7) is 3.70. The monoisotopic (exact) mass is 158 g/mol. The standard InChI is InChI=1S/C11H10O/c1-2-8-7-11(12)10-6-4-3-5-9(8)10/h2-7,11-12H,1H2. The number of hydrogen-bond donors (Lipinski definition) is 1. The van der Waals surface area contributed by atoms with Crippen LogP contribution in [0.1, 0.15) is 17.2 Å². The largest absolute Gasteiger partial charge is 0.384 e. The van der Waals surface area contributed by atoms with Gasteiger partial charge in [-0.1, -0.05) is 36.9 Å². The first-order valence-electron chi connectivity index (χ1n) is 3.94. The zero-order valence-electron chi connectivity index (χ0n) is 6.70. The summed E-state index contributed by atoms with van der Waals surface area (Å²) < 4.78 is 0. The lowest BCUT2D eigenvalue weighted by molar-refractivity contribution is 0.232. The highest BCUT2D eigenvalue weighted by Gasteiger charge is 2.18. The molecule has 0 saturated heterocycles. The lowest BCUT2D eigenvalue weighted by atomic mass is 10.1. The summed E-state index contributed by atoms with van der Waals surface area (Å²) in [5, 5.41) is 9.56. The Kier molecular flexibility index (Phi) is 1.59. The fourth-order valence-electron chi connectivity index (χ4n) is 1.55. The van der Waals surface area contributed by atoms with E-state index < -0.39 is 6.10 Å². The Morgan fingerprint density at radius 1 is 1.33 bits per heavy atom. The molecule has 0 heterocycles. The molecule has 1 atom stereocenters. The zero-order valence-corrected chi connectivity index (χ0v) is 6.70. The highest BCUT2D eigenvalue weighted by Crippen LogP contribution is 2.34. The van der Waals surface area contributed by atoms with E-state index in [2.05, 4.69) is 6.58 Å². The molecule has 0 fully saturated rings. The smallest absolute Gasteiger partial charge is 0.0986 e. The van der Waals surface area contributed by atoms with Gasteiger partial charge >= 0.3 is 0 Å². The Balaban J connectivity index is 2.60. The summed E-state index contributed by atoms with van der Waals surface area (Å²) in [7, 11) is 0. The van der Waals surface area contributed by atoms with Crippen LogP contribution in [0.4, 0.5) is 0 Å². The Bertz CT molecular complexity index is 350. The van der Waals surface area contributed by atoms with Gasteiger partial charge in [-0.3, -0.25) is 0 Å². The number of aliphatic hydroxyl groups is 1. The van der Waals surface area contributed by atoms with Gasteiger partial charge in [-0.05, 0) is 22.8 Å². The molecule has 0 radical (unpaired) electrons. The molecule has 1 nitrogen and oxygen atoms in total. The quantitative estimate of drug-likeness (QED) is 0.665. The molecule has 0 bridgehead atoms. The molecule has 1 unspecified atom stereocenters. The van der Waals surface area contributed by atoms with Crippen molar-refractivity contribution in [3.8, 4) is 0 Å². The minimum Gasteiger partial charge on any atom is -0.384 e. The van der Waals surface area contributed by atoms with Crippen LogP contribution >= 0.6 is 0 Å². The fraction of sp³-hybridized carbons (Fsp3) is 0.0909. The van der Waals surface area contributed by atoms with Crippen molar-refractivity contribution < 1.29 is 5.11 Å². The van der Waals surface area contributed by atoms with Crippen LogP contribution in [-0.2, 0) is 0 Å². The molecule has 0 aliphatic heterocycles. The maximum absolute atomic E-state index is 9.56. The van der Waals surface area contributed by atoms with E-state index in [1.165, 1.54) is 0 Å². The van der Waals surface area contributed by atoms with Gasteiger partial charge in [0.15, 0.2) is 0 Å². The Morgan fingerprint density at radius 2 is 2.08 bits per heavy atom. The molecule has 1 heteroatoms. The molecule has 0 saturated carbocycles. The minimum atomic E-state index is -0.450. The van der Waals surface area contributed by atoms with Crippen molar-refractivity contribution in [2.24, 2.45) is 0 Å². The molecular formula is C11H10O. The molecule has 1 aromatic carbocycles. The van der Waals surface area contributed by atoms with E-state index in [1.54, 1.807) is 6.08 Å². The van der Waals surface area contributed by atoms with Crippen molar-refractivity contribution in [2.45, 2.75) is 6.10 Å². The van der Waals surface area contributed by atoms with Crippen LogP contribution in [0.2, 0.25) is 0 Å². The Morgan fingerprint density at radius 3 is 2.83 bits per heavy atom. The number of fused-ring (bicyclic) bond motifs is 1. The van der Waals surface area contributed by atoms with Crippen molar-refractivity contribution >= 4 is 5.57 Å². The molecule has 1 aliphatic carbocycles. The van der Waals surface area contributed by atoms with Gasteiger partial charge < -0.3 is 5.11 Å². The van der Waals surface area contributed by atoms with Gasteiger partial charge in [0.1, 0.15) is 0 Å². The van der Waals surface area contributed by atoms with E-state index in [4.69, 9.17) is 0 Å². The number of benzene rings is 1. The van der Waals surface area contributed by atoms with E-state index in [0.717, 1.165) is 16.7 Å². The number of hydrogen-bond acceptors (Lipinski definition) is 1. The van der Waals surface area contributed by atoms with Crippen LogP contribution in [0.3, 0.4) is 0 Å². The molecule has 0 spiro atoms. The van der Waals surface area contributed by atoms with Crippen LogP contribution in [0, 0.1) is 0 Å². The van der Waals surface area contributed by atoms with Gasteiger partial charge in [0.2, 0.25) is 0 Å². The Hall–Kier alpha value is -1.34. The van der Waals surface area contributed by atoms with Crippen LogP contribution in [0.15, 0.2) is 43.0 Å². The average molecular weight is 158 g/mol. The lowest BCUT2D eigenvalue weighted by Crippen LogP contribution is -1.88. The second-order valence-electron chi connectivity index (χ2n) is 2.86. The summed E-state index contributed by atoms with van der Waals surface area (Å²) in [5.74, 6) is 0. The van der Waals surface area contributed by atoms with E-state index in [9.17, 15) is 5.11 Å². The van der Waals surface area contributed by atoms with Crippen molar-refractivity contribution in [2.75, 3.05) is 0 Å². The van der Waals surface area contributed by atoms with Gasteiger partial charge in [-0.2, -0.15) is 0 Å². The maximum atomic E-state index is 9.56. The van der Waals surface area contributed by atoms with Crippen LogP contribution < -0.4 is 0 Å². The first kappa shape index (κ1) is 7.32. The topological polar surface area (TPSA) is 20.2 Å². The second kappa shape index (κ2) is 2.61. The third-order valence-electron chi connectivity index (χ3n) is 2.15. The Labute approximate surface area is 71.7 Å². The SMILES string of the molecule is C=CC1=CC(O)c2ccccc21. The van der Waals surface area contributed by atoms with E-state index in [-0.39, 0.29) is 0 Å². The van der Waals surface area contributed by atoms with Crippen molar-refractivity contribution in [1.82, 2.24) is 0 Å². The van der Waals surface area contributed by atoms with E-state index in [0.29, 0.717) is 0 Å². The number of rotatable bonds is 1. The summed E-state index contributed by atoms with van der Waals surface area (Å²) in [4.78, 5) is 0. The van der Waals surface area contributed by atoms with Crippen molar-refractivity contribution in [3.05, 3.63) is 54.1 Å². The highest BCUT2D eigenvalue weighted by atomic mass is 16.3. The fourth-order valence-corrected chi connectivity index (χ4v) is 1.55. The number of allylic oxidation sites excluding steroid dienone is 2. The third kappa shape index (κ3) is 0.908. The van der Waals surface area contributed by atoms with Gasteiger partial charge in [0, 0.05) is 0 Å². The summed E-state index contributed by atoms with van der Waals surface area (Å²) >= 11 is 0. The number of aliphatic hydroxyl groups excluding tert-OH is 1. The van der Waals surface area contributed by atoms with Crippen molar-refractivity contribution in [1.29, 1.82) is 0 Å². The van der Waals surface area contributed by atoms with Gasteiger partial charge in [-0.25, -0.2) is 0 Å². The molecule has 0 aromatic heterocycles. The van der Waals surface area contributed by atoms with Crippen molar-refractivity contribution in [3.63, 3.8) is 0 Å². The van der Waals surface area contributed by atoms with Gasteiger partial charge in [0.25, 0.3) is 0 Å². The molecule has 12 heavy (non-hydrogen) atoms. The molecular weight excluding hydrogens is 148 g/mol. The highest BCUT2D eigenvalue weighted by molar-refractivity contribution is 5.80. The first-order valence-corrected chi connectivity index (χ1v) is 3.94. The maximum Gasteiger partial charge on any atom is 0.0986 e. The molecule has 2 rings (SSSR count). The minimum absolute atomic E-state index is 0.450. The molecule has 1 aliphatic rings. The first-order chi connectivity index (χ1) is 5.83. The molecule has 1 aromatic rings. The van der Waals surface area contributed by atoms with Crippen LogP contribution in [0.5, 0.6) is 0 Å². The summed E-state index contributed by atoms with van der Waals surface area (Å²) in [6.07, 6.45) is 3.14. The zero-order chi connectivity index (χ0) is 8.55. The second-order valence-corrected chi connectivity index (χ2v) is 2.86. The predicted octanol–water partition coefficient (Wildman–Crippen LogP) is 2.30. The van der Waals surface area contributed by atoms with Crippen LogP contribution in [0.25, 0.3) is 5.57 Å². The van der Waals surface area contributed by atoms with E-state index in [1.807, 2.05) is 30.3 Å². The molecule has 0 amide bonds. The van der Waals surface area contributed by atoms with Gasteiger partial charge in [-0.15, -0.1) is 0 Å². The third-order valence-corrected chi connectivity index (χ3v) is 2.15. The van der Waals surface area contributed by atoms with Crippen LogP contribution in [-0.4, -0.2) is 5.11 Å². The van der Waals surface area contributed by atoms with E-state index >= 15 is 0 Å². The lowest BCUT2D eigenvalue weighted by Gasteiger charge is -2.02. The summed E-state index contributed by atoms with van der Waals surface area (Å²) in [5.41, 5.74) is 3.10. The normalized spacial score (nSPS) is 20.1. The van der Waals surface area contributed by atoms with Gasteiger partial charge in [0.05, 0.1) is 6.10 Å².